The number of aromatic hydroxyl groups is 1. The molecule has 0 saturated heterocycles. The summed E-state index contributed by atoms with van der Waals surface area (Å²) in [6, 6.07) is 12.4. The number of anilines is 1. The molecule has 2 rings (SSSR count). The SMILES string of the molecule is O=C([O-])C(N=Cc1ccccc1O)c1ccc(N(CCCl)CCCl)cc1. The average molecular weight is 394 g/mol. The Balaban J connectivity index is 2.22. The summed E-state index contributed by atoms with van der Waals surface area (Å²) in [6.45, 7) is 1.28. The molecule has 0 bridgehead atoms. The topological polar surface area (TPSA) is 76.0 Å². The van der Waals surface area contributed by atoms with Crippen molar-refractivity contribution in [2.45, 2.75) is 6.04 Å². The van der Waals surface area contributed by atoms with E-state index in [0.29, 0.717) is 36.0 Å². The molecular formula is C19H19Cl2N2O3-. The smallest absolute Gasteiger partial charge is 0.124 e. The number of alkyl halides is 2. The number of nitrogens with zero attached hydrogens (tertiary/aromatic N) is 2. The number of rotatable bonds is 9. The van der Waals surface area contributed by atoms with Crippen molar-refractivity contribution in [3.63, 3.8) is 0 Å². The summed E-state index contributed by atoms with van der Waals surface area (Å²) in [5.74, 6) is -0.361. The summed E-state index contributed by atoms with van der Waals surface area (Å²) in [6.07, 6.45) is 1.33. The number of halogens is 2. The predicted molar refractivity (Wildman–Crippen MR) is 104 cm³/mol. The van der Waals surface area contributed by atoms with Crippen molar-refractivity contribution >= 4 is 41.1 Å². The Kier molecular flexibility index (Phi) is 7.75. The minimum Gasteiger partial charge on any atom is -0.547 e. The number of aliphatic carboxylic acids is 1. The molecule has 0 aromatic heterocycles. The monoisotopic (exact) mass is 393 g/mol. The maximum absolute atomic E-state index is 11.5. The van der Waals surface area contributed by atoms with Crippen molar-refractivity contribution < 1.29 is 15.0 Å². The van der Waals surface area contributed by atoms with Gasteiger partial charge in [0.15, 0.2) is 0 Å². The highest BCUT2D eigenvalue weighted by molar-refractivity contribution is 6.18. The molecule has 1 atom stereocenters. The second-order valence-electron chi connectivity index (χ2n) is 5.52. The van der Waals surface area contributed by atoms with Gasteiger partial charge in [-0.1, -0.05) is 24.3 Å². The second-order valence-corrected chi connectivity index (χ2v) is 6.27. The quantitative estimate of drug-likeness (QED) is 0.524. The molecule has 0 fully saturated rings. The van der Waals surface area contributed by atoms with Crippen LogP contribution in [-0.2, 0) is 4.79 Å². The van der Waals surface area contributed by atoms with Crippen molar-refractivity contribution in [2.24, 2.45) is 4.99 Å². The minimum absolute atomic E-state index is 0.0292. The lowest BCUT2D eigenvalue weighted by molar-refractivity contribution is -0.307. The normalized spacial score (nSPS) is 12.2. The molecule has 2 aromatic rings. The van der Waals surface area contributed by atoms with E-state index in [1.807, 2.05) is 4.90 Å². The van der Waals surface area contributed by atoms with E-state index < -0.39 is 12.0 Å². The Morgan fingerprint density at radius 3 is 2.27 bits per heavy atom. The summed E-state index contributed by atoms with van der Waals surface area (Å²) >= 11 is 11.6. The molecule has 0 spiro atoms. The number of phenolic OH excluding ortho intramolecular Hbond substituents is 1. The second kappa shape index (κ2) is 10.0. The van der Waals surface area contributed by atoms with E-state index in [2.05, 4.69) is 4.99 Å². The van der Waals surface area contributed by atoms with Gasteiger partial charge in [-0.25, -0.2) is 0 Å². The van der Waals surface area contributed by atoms with E-state index in [9.17, 15) is 15.0 Å². The molecule has 0 amide bonds. The Morgan fingerprint density at radius 1 is 1.12 bits per heavy atom. The number of hydrogen-bond acceptors (Lipinski definition) is 5. The molecule has 1 N–H and O–H groups in total. The molecular weight excluding hydrogens is 375 g/mol. The van der Waals surface area contributed by atoms with Crippen LogP contribution in [0, 0.1) is 0 Å². The highest BCUT2D eigenvalue weighted by Gasteiger charge is 2.12. The van der Waals surface area contributed by atoms with Crippen molar-refractivity contribution in [3.05, 3.63) is 59.7 Å². The molecule has 1 unspecified atom stereocenters. The third-order valence-electron chi connectivity index (χ3n) is 3.81. The van der Waals surface area contributed by atoms with Gasteiger partial charge in [0.1, 0.15) is 11.8 Å². The zero-order valence-corrected chi connectivity index (χ0v) is 15.5. The molecule has 5 nitrogen and oxygen atoms in total. The van der Waals surface area contributed by atoms with Crippen LogP contribution in [0.5, 0.6) is 5.75 Å². The molecule has 138 valence electrons. The van der Waals surface area contributed by atoms with Crippen LogP contribution in [0.25, 0.3) is 0 Å². The zero-order chi connectivity index (χ0) is 18.9. The van der Waals surface area contributed by atoms with Gasteiger partial charge in [0, 0.05) is 42.3 Å². The van der Waals surface area contributed by atoms with Crippen molar-refractivity contribution in [2.75, 3.05) is 29.7 Å². The highest BCUT2D eigenvalue weighted by Crippen LogP contribution is 2.23. The van der Waals surface area contributed by atoms with E-state index in [1.54, 1.807) is 42.5 Å². The van der Waals surface area contributed by atoms with Gasteiger partial charge in [-0.2, -0.15) is 0 Å². The number of hydrogen-bond donors (Lipinski definition) is 1. The first-order chi connectivity index (χ1) is 12.6. The summed E-state index contributed by atoms with van der Waals surface area (Å²) < 4.78 is 0. The maximum atomic E-state index is 11.5. The summed E-state index contributed by atoms with van der Waals surface area (Å²) in [5, 5.41) is 21.2. The number of carboxylic acids is 1. The van der Waals surface area contributed by atoms with E-state index >= 15 is 0 Å². The van der Waals surface area contributed by atoms with Crippen LogP contribution in [-0.4, -0.2) is 42.1 Å². The standard InChI is InChI=1S/C19H20Cl2N2O3/c20-9-11-23(12-10-21)16-7-5-14(6-8-16)18(19(25)26)22-13-15-3-1-2-4-17(15)24/h1-8,13,18,24H,9-12H2,(H,25,26)/p-1. The first kappa shape index (κ1) is 20.1. The van der Waals surface area contributed by atoms with Gasteiger partial charge in [-0.3, -0.25) is 4.99 Å². The number of carbonyl (C=O) groups excluding carboxylic acids is 1. The summed E-state index contributed by atoms with van der Waals surface area (Å²) in [4.78, 5) is 17.6. The maximum Gasteiger partial charge on any atom is 0.124 e. The molecule has 7 heteroatoms. The molecule has 0 saturated carbocycles. The van der Waals surface area contributed by atoms with Crippen LogP contribution >= 0.6 is 23.2 Å². The van der Waals surface area contributed by atoms with Gasteiger partial charge in [0.2, 0.25) is 0 Å². The van der Waals surface area contributed by atoms with Gasteiger partial charge in [0.05, 0.1) is 5.97 Å². The van der Waals surface area contributed by atoms with Crippen molar-refractivity contribution in [1.29, 1.82) is 0 Å². The number of para-hydroxylation sites is 1. The third-order valence-corrected chi connectivity index (χ3v) is 4.14. The molecule has 0 aliphatic rings. The van der Waals surface area contributed by atoms with Crippen LogP contribution in [0.15, 0.2) is 53.5 Å². The number of carboxylic acid groups (broad SMARTS) is 1. The van der Waals surface area contributed by atoms with Crippen LogP contribution in [0.1, 0.15) is 17.2 Å². The van der Waals surface area contributed by atoms with Crippen molar-refractivity contribution in [3.8, 4) is 5.75 Å². The van der Waals surface area contributed by atoms with E-state index in [-0.39, 0.29) is 5.75 Å². The fourth-order valence-corrected chi connectivity index (χ4v) is 2.88. The van der Waals surface area contributed by atoms with Crippen molar-refractivity contribution in [1.82, 2.24) is 0 Å². The summed E-state index contributed by atoms with van der Waals surface area (Å²) in [7, 11) is 0. The number of benzene rings is 2. The van der Waals surface area contributed by atoms with Gasteiger partial charge >= 0.3 is 0 Å². The fourth-order valence-electron chi connectivity index (χ4n) is 2.48. The Bertz CT molecular complexity index is 745. The predicted octanol–water partition coefficient (Wildman–Crippen LogP) is 2.59. The van der Waals surface area contributed by atoms with E-state index in [0.717, 1.165) is 5.69 Å². The first-order valence-electron chi connectivity index (χ1n) is 8.05. The molecule has 0 aliphatic carbocycles. The highest BCUT2D eigenvalue weighted by atomic mass is 35.5. The lowest BCUT2D eigenvalue weighted by Gasteiger charge is -2.23. The Labute approximate surface area is 162 Å². The lowest BCUT2D eigenvalue weighted by atomic mass is 10.1. The third kappa shape index (κ3) is 5.38. The molecule has 2 aromatic carbocycles. The van der Waals surface area contributed by atoms with Gasteiger partial charge in [0.25, 0.3) is 0 Å². The van der Waals surface area contributed by atoms with Crippen LogP contribution in [0.3, 0.4) is 0 Å². The number of aliphatic imine (C=N–C) groups is 1. The summed E-state index contributed by atoms with van der Waals surface area (Å²) in [5.41, 5.74) is 1.82. The first-order valence-corrected chi connectivity index (χ1v) is 9.12. The van der Waals surface area contributed by atoms with Gasteiger partial charge < -0.3 is 19.9 Å². The fraction of sp³-hybridized carbons (Fsp3) is 0.263. The number of phenols is 1. The Hall–Kier alpha value is -2.24. The van der Waals surface area contributed by atoms with Crippen LogP contribution in [0.4, 0.5) is 5.69 Å². The van der Waals surface area contributed by atoms with E-state index in [1.165, 1.54) is 12.3 Å². The number of carbonyl (C=O) groups is 1. The molecule has 0 heterocycles. The van der Waals surface area contributed by atoms with Crippen LogP contribution in [0.2, 0.25) is 0 Å². The van der Waals surface area contributed by atoms with Gasteiger partial charge in [-0.05, 0) is 29.8 Å². The lowest BCUT2D eigenvalue weighted by Crippen LogP contribution is -2.29. The van der Waals surface area contributed by atoms with Crippen LogP contribution < -0.4 is 10.0 Å². The van der Waals surface area contributed by atoms with E-state index in [4.69, 9.17) is 23.2 Å². The molecule has 0 radical (unpaired) electrons. The van der Waals surface area contributed by atoms with Gasteiger partial charge in [-0.15, -0.1) is 23.2 Å². The largest absolute Gasteiger partial charge is 0.547 e. The molecule has 26 heavy (non-hydrogen) atoms. The zero-order valence-electron chi connectivity index (χ0n) is 14.0. The average Bonchev–Trinajstić information content (AvgIpc) is 2.63. The minimum atomic E-state index is -1.32. The Morgan fingerprint density at radius 2 is 1.73 bits per heavy atom. The molecule has 0 aliphatic heterocycles.